The fourth-order valence-electron chi connectivity index (χ4n) is 1.78. The number of amides is 2. The van der Waals surface area contributed by atoms with Crippen LogP contribution in [0.2, 0.25) is 0 Å². The molecule has 23 heavy (non-hydrogen) atoms. The van der Waals surface area contributed by atoms with Gasteiger partial charge in [-0.25, -0.2) is 0 Å². The molecule has 0 saturated carbocycles. The minimum absolute atomic E-state index is 0.0958. The van der Waals surface area contributed by atoms with E-state index >= 15 is 0 Å². The second kappa shape index (κ2) is 9.26. The largest absolute Gasteiger partial charge is 0.355 e. The Labute approximate surface area is 143 Å². The van der Waals surface area contributed by atoms with Crippen molar-refractivity contribution in [3.05, 3.63) is 35.9 Å². The van der Waals surface area contributed by atoms with E-state index in [4.69, 9.17) is 0 Å². The monoisotopic (exact) mass is 350 g/mol. The van der Waals surface area contributed by atoms with Gasteiger partial charge in [-0.1, -0.05) is 60.4 Å². The highest BCUT2D eigenvalue weighted by Crippen LogP contribution is 2.24. The number of aromatic nitrogens is 2. The van der Waals surface area contributed by atoms with Crippen LogP contribution in [0.1, 0.15) is 18.9 Å². The smallest absolute Gasteiger partial charge is 0.227 e. The van der Waals surface area contributed by atoms with Gasteiger partial charge in [0.2, 0.25) is 16.9 Å². The number of hydrogen-bond acceptors (Lipinski definition) is 6. The van der Waals surface area contributed by atoms with E-state index < -0.39 is 0 Å². The van der Waals surface area contributed by atoms with Crippen molar-refractivity contribution >= 4 is 40.0 Å². The maximum Gasteiger partial charge on any atom is 0.227 e. The third-order valence-electron chi connectivity index (χ3n) is 2.80. The first-order chi connectivity index (χ1) is 11.2. The Balaban J connectivity index is 1.67. The predicted molar refractivity (Wildman–Crippen MR) is 92.7 cm³/mol. The number of benzene rings is 1. The summed E-state index contributed by atoms with van der Waals surface area (Å²) in [4.78, 5) is 23.6. The van der Waals surface area contributed by atoms with Crippen molar-refractivity contribution in [3.8, 4) is 0 Å². The van der Waals surface area contributed by atoms with Gasteiger partial charge in [-0.3, -0.25) is 9.59 Å². The van der Waals surface area contributed by atoms with Crippen molar-refractivity contribution < 1.29 is 9.59 Å². The van der Waals surface area contributed by atoms with Gasteiger partial charge in [-0.2, -0.15) is 0 Å². The van der Waals surface area contributed by atoms with E-state index in [1.165, 1.54) is 11.3 Å². The highest BCUT2D eigenvalue weighted by atomic mass is 32.2. The number of carbonyl (C=O) groups excluding carboxylic acids is 2. The van der Waals surface area contributed by atoms with Gasteiger partial charge < -0.3 is 10.6 Å². The van der Waals surface area contributed by atoms with Gasteiger partial charge in [-0.05, 0) is 11.3 Å². The number of carbonyl (C=O) groups is 2. The van der Waals surface area contributed by atoms with Crippen molar-refractivity contribution in [1.82, 2.24) is 15.5 Å². The summed E-state index contributed by atoms with van der Waals surface area (Å²) in [5, 5.41) is 13.8. The van der Waals surface area contributed by atoms with Crippen LogP contribution in [0.4, 0.5) is 5.13 Å². The molecule has 0 aliphatic carbocycles. The minimum Gasteiger partial charge on any atom is -0.355 e. The van der Waals surface area contributed by atoms with Gasteiger partial charge in [-0.15, -0.1) is 10.2 Å². The zero-order valence-corrected chi connectivity index (χ0v) is 14.4. The van der Waals surface area contributed by atoms with Crippen LogP contribution >= 0.6 is 23.1 Å². The number of hydrogen-bond donors (Lipinski definition) is 2. The van der Waals surface area contributed by atoms with Crippen molar-refractivity contribution in [3.63, 3.8) is 0 Å². The lowest BCUT2D eigenvalue weighted by Gasteiger charge is -2.05. The molecule has 0 radical (unpaired) electrons. The van der Waals surface area contributed by atoms with E-state index in [0.29, 0.717) is 18.1 Å². The molecule has 0 spiro atoms. The SMILES string of the molecule is CCSc1nnc(NC(=O)CCNC(=O)Cc2ccccc2)s1. The Morgan fingerprint density at radius 1 is 1.17 bits per heavy atom. The van der Waals surface area contributed by atoms with Crippen LogP contribution in [0.15, 0.2) is 34.7 Å². The van der Waals surface area contributed by atoms with Crippen molar-refractivity contribution in [2.24, 2.45) is 0 Å². The van der Waals surface area contributed by atoms with Gasteiger partial charge >= 0.3 is 0 Å². The fourth-order valence-corrected chi connectivity index (χ4v) is 3.45. The summed E-state index contributed by atoms with van der Waals surface area (Å²) in [6, 6.07) is 9.48. The average Bonchev–Trinajstić information content (AvgIpc) is 2.95. The third kappa shape index (κ3) is 6.37. The highest BCUT2D eigenvalue weighted by molar-refractivity contribution is 8.01. The van der Waals surface area contributed by atoms with Crippen LogP contribution in [-0.2, 0) is 16.0 Å². The quantitative estimate of drug-likeness (QED) is 0.564. The van der Waals surface area contributed by atoms with E-state index in [-0.39, 0.29) is 18.2 Å². The summed E-state index contributed by atoms with van der Waals surface area (Å²) in [5.74, 6) is 0.631. The normalized spacial score (nSPS) is 10.3. The van der Waals surface area contributed by atoms with Crippen molar-refractivity contribution in [2.75, 3.05) is 17.6 Å². The van der Waals surface area contributed by atoms with E-state index in [1.54, 1.807) is 11.8 Å². The Hall–Kier alpha value is -1.93. The molecule has 8 heteroatoms. The lowest BCUT2D eigenvalue weighted by Crippen LogP contribution is -2.28. The van der Waals surface area contributed by atoms with Crippen LogP contribution in [-0.4, -0.2) is 34.3 Å². The molecule has 0 aliphatic heterocycles. The van der Waals surface area contributed by atoms with Gasteiger partial charge in [0.05, 0.1) is 6.42 Å². The average molecular weight is 350 g/mol. The van der Waals surface area contributed by atoms with Gasteiger partial charge in [0.25, 0.3) is 0 Å². The van der Waals surface area contributed by atoms with Crippen molar-refractivity contribution in [2.45, 2.75) is 24.1 Å². The molecule has 122 valence electrons. The van der Waals surface area contributed by atoms with E-state index in [0.717, 1.165) is 15.7 Å². The first-order valence-corrected chi connectivity index (χ1v) is 9.04. The second-order valence-corrected chi connectivity index (χ2v) is 7.11. The second-order valence-electron chi connectivity index (χ2n) is 4.62. The number of anilines is 1. The molecule has 1 aromatic heterocycles. The van der Waals surface area contributed by atoms with Crippen LogP contribution < -0.4 is 10.6 Å². The predicted octanol–water partition coefficient (Wildman–Crippen LogP) is 2.34. The Morgan fingerprint density at radius 2 is 1.96 bits per heavy atom. The molecular formula is C15H18N4O2S2. The minimum atomic E-state index is -0.186. The summed E-state index contributed by atoms with van der Waals surface area (Å²) >= 11 is 2.93. The maximum atomic E-state index is 11.8. The third-order valence-corrected chi connectivity index (χ3v) is 4.66. The molecule has 1 heterocycles. The van der Waals surface area contributed by atoms with E-state index in [2.05, 4.69) is 20.8 Å². The fraction of sp³-hybridized carbons (Fsp3) is 0.333. The first kappa shape index (κ1) is 17.4. The number of thioether (sulfide) groups is 1. The van der Waals surface area contributed by atoms with Crippen LogP contribution in [0.5, 0.6) is 0 Å². The van der Waals surface area contributed by atoms with Crippen LogP contribution in [0.3, 0.4) is 0 Å². The summed E-state index contributed by atoms with van der Waals surface area (Å²) in [5.41, 5.74) is 0.948. The lowest BCUT2D eigenvalue weighted by molar-refractivity contribution is -0.120. The van der Waals surface area contributed by atoms with Gasteiger partial charge in [0.1, 0.15) is 0 Å². The molecule has 6 nitrogen and oxygen atoms in total. The summed E-state index contributed by atoms with van der Waals surface area (Å²) in [7, 11) is 0. The van der Waals surface area contributed by atoms with E-state index in [9.17, 15) is 9.59 Å². The first-order valence-electron chi connectivity index (χ1n) is 7.24. The van der Waals surface area contributed by atoms with Crippen LogP contribution in [0, 0.1) is 0 Å². The number of rotatable bonds is 8. The van der Waals surface area contributed by atoms with Gasteiger partial charge in [0.15, 0.2) is 4.34 Å². The summed E-state index contributed by atoms with van der Waals surface area (Å²) in [6.45, 7) is 2.33. The number of nitrogens with one attached hydrogen (secondary N) is 2. The molecule has 0 bridgehead atoms. The van der Waals surface area contributed by atoms with E-state index in [1.807, 2.05) is 37.3 Å². The van der Waals surface area contributed by atoms with Crippen molar-refractivity contribution in [1.29, 1.82) is 0 Å². The molecule has 0 saturated heterocycles. The Bertz CT molecular complexity index is 646. The van der Waals surface area contributed by atoms with Gasteiger partial charge in [0, 0.05) is 13.0 Å². The summed E-state index contributed by atoms with van der Waals surface area (Å²) in [6.07, 6.45) is 0.521. The zero-order chi connectivity index (χ0) is 16.5. The molecular weight excluding hydrogens is 332 g/mol. The number of nitrogens with zero attached hydrogens (tertiary/aromatic N) is 2. The molecule has 2 amide bonds. The molecule has 2 rings (SSSR count). The molecule has 2 aromatic rings. The zero-order valence-electron chi connectivity index (χ0n) is 12.7. The molecule has 0 aliphatic rings. The molecule has 0 unspecified atom stereocenters. The lowest BCUT2D eigenvalue weighted by atomic mass is 10.1. The highest BCUT2D eigenvalue weighted by Gasteiger charge is 2.09. The van der Waals surface area contributed by atoms with Crippen LogP contribution in [0.25, 0.3) is 0 Å². The standard InChI is InChI=1S/C15H18N4O2S2/c1-2-22-15-19-18-14(23-15)17-12(20)8-9-16-13(21)10-11-6-4-3-5-7-11/h3-7H,2,8-10H2,1H3,(H,16,21)(H,17,18,20). The topological polar surface area (TPSA) is 84.0 Å². The maximum absolute atomic E-state index is 11.8. The molecule has 2 N–H and O–H groups in total. The molecule has 0 atom stereocenters. The molecule has 0 fully saturated rings. The Kier molecular flexibility index (Phi) is 7.02. The Morgan fingerprint density at radius 3 is 2.70 bits per heavy atom. The summed E-state index contributed by atoms with van der Waals surface area (Å²) < 4.78 is 0.832. The molecule has 1 aromatic carbocycles.